The van der Waals surface area contributed by atoms with Crippen molar-refractivity contribution in [1.29, 1.82) is 0 Å². The van der Waals surface area contributed by atoms with Gasteiger partial charge in [-0.25, -0.2) is 0 Å². The zero-order valence-corrected chi connectivity index (χ0v) is 10.4. The highest BCUT2D eigenvalue weighted by atomic mass is 15.3. The molecule has 1 N–H and O–H groups in total. The van der Waals surface area contributed by atoms with Gasteiger partial charge < -0.3 is 5.32 Å². The Kier molecular flexibility index (Phi) is 3.80. The van der Waals surface area contributed by atoms with Crippen molar-refractivity contribution in [3.05, 3.63) is 5.82 Å². The SMILES string of the molecule is CCNc1nnc(CC2CCCC2)n1CC. The lowest BCUT2D eigenvalue weighted by Gasteiger charge is -2.11. The predicted molar refractivity (Wildman–Crippen MR) is 65.5 cm³/mol. The van der Waals surface area contributed by atoms with Crippen molar-refractivity contribution in [2.75, 3.05) is 11.9 Å². The third kappa shape index (κ3) is 2.36. The zero-order valence-electron chi connectivity index (χ0n) is 10.4. The Morgan fingerprint density at radius 3 is 2.62 bits per heavy atom. The molecule has 0 saturated heterocycles. The van der Waals surface area contributed by atoms with Crippen LogP contribution in [0.4, 0.5) is 5.95 Å². The fourth-order valence-corrected chi connectivity index (χ4v) is 2.58. The number of aromatic nitrogens is 3. The van der Waals surface area contributed by atoms with E-state index in [-0.39, 0.29) is 0 Å². The summed E-state index contributed by atoms with van der Waals surface area (Å²) in [7, 11) is 0. The van der Waals surface area contributed by atoms with Gasteiger partial charge in [0, 0.05) is 19.5 Å². The maximum Gasteiger partial charge on any atom is 0.224 e. The Morgan fingerprint density at radius 1 is 1.25 bits per heavy atom. The lowest BCUT2D eigenvalue weighted by molar-refractivity contribution is 0.513. The highest BCUT2D eigenvalue weighted by Crippen LogP contribution is 2.27. The molecule has 90 valence electrons. The first-order valence-corrected chi connectivity index (χ1v) is 6.51. The summed E-state index contributed by atoms with van der Waals surface area (Å²) in [5.74, 6) is 2.92. The van der Waals surface area contributed by atoms with Crippen molar-refractivity contribution in [2.45, 2.75) is 52.5 Å². The Morgan fingerprint density at radius 2 is 2.00 bits per heavy atom. The van der Waals surface area contributed by atoms with Crippen LogP contribution in [0, 0.1) is 5.92 Å². The molecule has 1 saturated carbocycles. The van der Waals surface area contributed by atoms with Crippen LogP contribution in [-0.2, 0) is 13.0 Å². The van der Waals surface area contributed by atoms with Crippen LogP contribution in [0.15, 0.2) is 0 Å². The second-order valence-corrected chi connectivity index (χ2v) is 4.57. The monoisotopic (exact) mass is 222 g/mol. The lowest BCUT2D eigenvalue weighted by Crippen LogP contribution is -2.11. The van der Waals surface area contributed by atoms with Gasteiger partial charge >= 0.3 is 0 Å². The summed E-state index contributed by atoms with van der Waals surface area (Å²) < 4.78 is 2.21. The largest absolute Gasteiger partial charge is 0.355 e. The van der Waals surface area contributed by atoms with Gasteiger partial charge in [0.1, 0.15) is 5.82 Å². The van der Waals surface area contributed by atoms with Crippen LogP contribution in [0.5, 0.6) is 0 Å². The normalized spacial score (nSPS) is 16.9. The Bertz CT molecular complexity index is 326. The van der Waals surface area contributed by atoms with Gasteiger partial charge in [0.25, 0.3) is 0 Å². The second-order valence-electron chi connectivity index (χ2n) is 4.57. The molecule has 0 aliphatic heterocycles. The first-order valence-electron chi connectivity index (χ1n) is 6.51. The minimum Gasteiger partial charge on any atom is -0.355 e. The first-order chi connectivity index (χ1) is 7.85. The predicted octanol–water partition coefficient (Wildman–Crippen LogP) is 2.46. The van der Waals surface area contributed by atoms with Crippen LogP contribution in [-0.4, -0.2) is 21.3 Å². The number of nitrogens with zero attached hydrogens (tertiary/aromatic N) is 3. The molecule has 0 radical (unpaired) electrons. The Hall–Kier alpha value is -1.06. The molecular weight excluding hydrogens is 200 g/mol. The number of hydrogen-bond donors (Lipinski definition) is 1. The summed E-state index contributed by atoms with van der Waals surface area (Å²) >= 11 is 0. The van der Waals surface area contributed by atoms with Crippen molar-refractivity contribution >= 4 is 5.95 Å². The van der Waals surface area contributed by atoms with Gasteiger partial charge in [-0.05, 0) is 19.8 Å². The standard InChI is InChI=1S/C12H22N4/c1-3-13-12-15-14-11(16(12)4-2)9-10-7-5-6-8-10/h10H,3-9H2,1-2H3,(H,13,15). The smallest absolute Gasteiger partial charge is 0.224 e. The summed E-state index contributed by atoms with van der Waals surface area (Å²) in [5.41, 5.74) is 0. The van der Waals surface area contributed by atoms with E-state index in [1.165, 1.54) is 25.7 Å². The summed E-state index contributed by atoms with van der Waals surface area (Å²) in [6.07, 6.45) is 6.63. The van der Waals surface area contributed by atoms with Crippen LogP contribution in [0.2, 0.25) is 0 Å². The van der Waals surface area contributed by atoms with E-state index in [1.807, 2.05) is 0 Å². The van der Waals surface area contributed by atoms with E-state index in [9.17, 15) is 0 Å². The number of anilines is 1. The zero-order chi connectivity index (χ0) is 11.4. The van der Waals surface area contributed by atoms with Crippen molar-refractivity contribution < 1.29 is 0 Å². The number of hydrogen-bond acceptors (Lipinski definition) is 3. The molecule has 4 nitrogen and oxygen atoms in total. The van der Waals surface area contributed by atoms with Gasteiger partial charge in [0.15, 0.2) is 0 Å². The lowest BCUT2D eigenvalue weighted by atomic mass is 10.0. The molecule has 1 fully saturated rings. The van der Waals surface area contributed by atoms with Crippen molar-refractivity contribution in [1.82, 2.24) is 14.8 Å². The Labute approximate surface area is 97.5 Å². The summed E-state index contributed by atoms with van der Waals surface area (Å²) in [6, 6.07) is 0. The van der Waals surface area contributed by atoms with Crippen LogP contribution >= 0.6 is 0 Å². The van der Waals surface area contributed by atoms with Gasteiger partial charge in [0.05, 0.1) is 0 Å². The van der Waals surface area contributed by atoms with E-state index in [0.717, 1.165) is 37.2 Å². The summed E-state index contributed by atoms with van der Waals surface area (Å²) in [6.45, 7) is 6.10. The fourth-order valence-electron chi connectivity index (χ4n) is 2.58. The first kappa shape index (κ1) is 11.4. The van der Waals surface area contributed by atoms with E-state index in [0.29, 0.717) is 0 Å². The summed E-state index contributed by atoms with van der Waals surface area (Å²) in [5, 5.41) is 11.8. The van der Waals surface area contributed by atoms with E-state index >= 15 is 0 Å². The van der Waals surface area contributed by atoms with E-state index in [2.05, 4.69) is 33.9 Å². The van der Waals surface area contributed by atoms with Crippen molar-refractivity contribution in [2.24, 2.45) is 5.92 Å². The van der Waals surface area contributed by atoms with Gasteiger partial charge in [-0.3, -0.25) is 4.57 Å². The van der Waals surface area contributed by atoms with Crippen molar-refractivity contribution in [3.63, 3.8) is 0 Å². The van der Waals surface area contributed by atoms with E-state index in [4.69, 9.17) is 0 Å². The molecule has 1 heterocycles. The molecule has 1 aromatic heterocycles. The minimum atomic E-state index is 0.837. The molecule has 16 heavy (non-hydrogen) atoms. The molecular formula is C12H22N4. The van der Waals surface area contributed by atoms with Gasteiger partial charge in [-0.2, -0.15) is 0 Å². The molecule has 2 rings (SSSR count). The average molecular weight is 222 g/mol. The van der Waals surface area contributed by atoms with Gasteiger partial charge in [-0.1, -0.05) is 25.7 Å². The van der Waals surface area contributed by atoms with Crippen LogP contribution in [0.1, 0.15) is 45.4 Å². The van der Waals surface area contributed by atoms with Crippen LogP contribution < -0.4 is 5.32 Å². The molecule has 4 heteroatoms. The highest BCUT2D eigenvalue weighted by Gasteiger charge is 2.19. The Balaban J connectivity index is 2.07. The number of nitrogens with one attached hydrogen (secondary N) is 1. The second kappa shape index (κ2) is 5.32. The quantitative estimate of drug-likeness (QED) is 0.832. The van der Waals surface area contributed by atoms with E-state index in [1.54, 1.807) is 0 Å². The molecule has 0 bridgehead atoms. The molecule has 1 aliphatic rings. The summed E-state index contributed by atoms with van der Waals surface area (Å²) in [4.78, 5) is 0. The third-order valence-electron chi connectivity index (χ3n) is 3.42. The molecule has 0 unspecified atom stereocenters. The topological polar surface area (TPSA) is 42.7 Å². The van der Waals surface area contributed by atoms with Crippen molar-refractivity contribution in [3.8, 4) is 0 Å². The van der Waals surface area contributed by atoms with Gasteiger partial charge in [0.2, 0.25) is 5.95 Å². The van der Waals surface area contributed by atoms with Crippen LogP contribution in [0.3, 0.4) is 0 Å². The number of rotatable bonds is 5. The third-order valence-corrected chi connectivity index (χ3v) is 3.42. The fraction of sp³-hybridized carbons (Fsp3) is 0.833. The van der Waals surface area contributed by atoms with Gasteiger partial charge in [-0.15, -0.1) is 10.2 Å². The molecule has 0 atom stereocenters. The molecule has 1 aromatic rings. The highest BCUT2D eigenvalue weighted by molar-refractivity contribution is 5.25. The molecule has 0 aromatic carbocycles. The molecule has 0 amide bonds. The maximum absolute atomic E-state index is 4.32. The minimum absolute atomic E-state index is 0.837. The molecule has 0 spiro atoms. The van der Waals surface area contributed by atoms with Crippen LogP contribution in [0.25, 0.3) is 0 Å². The maximum atomic E-state index is 4.32. The van der Waals surface area contributed by atoms with E-state index < -0.39 is 0 Å². The average Bonchev–Trinajstić information content (AvgIpc) is 2.90. The molecule has 1 aliphatic carbocycles.